The summed E-state index contributed by atoms with van der Waals surface area (Å²) < 4.78 is 0. The first kappa shape index (κ1) is 9.81. The second kappa shape index (κ2) is 4.10. The number of anilines is 1. The van der Waals surface area contributed by atoms with E-state index in [1.165, 1.54) is 5.56 Å². The molecule has 1 aromatic carbocycles. The second-order valence-electron chi connectivity index (χ2n) is 3.10. The van der Waals surface area contributed by atoms with Gasteiger partial charge in [0.2, 0.25) is 0 Å². The molecule has 0 unspecified atom stereocenters. The first-order chi connectivity index (χ1) is 6.19. The Balaban J connectivity index is 3.16. The Morgan fingerprint density at radius 3 is 2.77 bits per heavy atom. The minimum Gasteiger partial charge on any atom is -0.385 e. The summed E-state index contributed by atoms with van der Waals surface area (Å²) in [5.74, 6) is 0. The van der Waals surface area contributed by atoms with E-state index in [0.29, 0.717) is 0 Å². The highest BCUT2D eigenvalue weighted by Crippen LogP contribution is 2.22. The third-order valence-corrected chi connectivity index (χ3v) is 2.10. The molecule has 2 nitrogen and oxygen atoms in total. The number of quaternary nitrogens is 1. The van der Waals surface area contributed by atoms with E-state index in [0.717, 1.165) is 23.5 Å². The minimum absolute atomic E-state index is 0.920. The fourth-order valence-electron chi connectivity index (χ4n) is 1.29. The molecule has 1 aromatic rings. The maximum absolute atomic E-state index is 3.96. The number of rotatable bonds is 3. The van der Waals surface area contributed by atoms with Crippen LogP contribution < -0.4 is 11.1 Å². The molecule has 0 aromatic heterocycles. The molecule has 13 heavy (non-hydrogen) atoms. The standard InChI is InChI=1S/C11H16N2/c1-4-9-6-8(3)10(12)7-11(9)13-5-2/h4,6-7,13H,1,5,12H2,2-3H3/p+1. The molecular formula is C11H17N2+. The summed E-state index contributed by atoms with van der Waals surface area (Å²) in [5, 5.41) is 3.28. The SMILES string of the molecule is C=Cc1cc(C)c([NH3+])cc1NCC. The monoisotopic (exact) mass is 177 g/mol. The van der Waals surface area contributed by atoms with Crippen LogP contribution in [0.15, 0.2) is 18.7 Å². The average Bonchev–Trinajstić information content (AvgIpc) is 2.11. The second-order valence-corrected chi connectivity index (χ2v) is 3.10. The zero-order chi connectivity index (χ0) is 9.84. The van der Waals surface area contributed by atoms with Gasteiger partial charge >= 0.3 is 0 Å². The summed E-state index contributed by atoms with van der Waals surface area (Å²) in [6, 6.07) is 4.17. The summed E-state index contributed by atoms with van der Waals surface area (Å²) in [6.07, 6.45) is 1.87. The lowest BCUT2D eigenvalue weighted by atomic mass is 10.1. The van der Waals surface area contributed by atoms with Gasteiger partial charge in [-0.2, -0.15) is 0 Å². The first-order valence-corrected chi connectivity index (χ1v) is 4.52. The van der Waals surface area contributed by atoms with E-state index >= 15 is 0 Å². The van der Waals surface area contributed by atoms with Gasteiger partial charge in [-0.25, -0.2) is 0 Å². The molecule has 0 amide bonds. The van der Waals surface area contributed by atoms with Crippen molar-refractivity contribution in [3.63, 3.8) is 0 Å². The van der Waals surface area contributed by atoms with Crippen LogP contribution in [0.4, 0.5) is 11.4 Å². The van der Waals surface area contributed by atoms with Gasteiger partial charge in [0.05, 0.1) is 0 Å². The minimum atomic E-state index is 0.920. The van der Waals surface area contributed by atoms with Crippen LogP contribution in [0.25, 0.3) is 6.08 Å². The van der Waals surface area contributed by atoms with Crippen molar-refractivity contribution in [1.82, 2.24) is 0 Å². The molecule has 1 rings (SSSR count). The topological polar surface area (TPSA) is 39.7 Å². The maximum atomic E-state index is 3.96. The van der Waals surface area contributed by atoms with Crippen molar-refractivity contribution in [3.05, 3.63) is 29.8 Å². The molecule has 4 N–H and O–H groups in total. The summed E-state index contributed by atoms with van der Waals surface area (Å²) >= 11 is 0. The normalized spacial score (nSPS) is 9.77. The molecule has 0 aliphatic carbocycles. The van der Waals surface area contributed by atoms with Crippen molar-refractivity contribution in [3.8, 4) is 0 Å². The molecule has 0 saturated carbocycles. The zero-order valence-electron chi connectivity index (χ0n) is 8.35. The van der Waals surface area contributed by atoms with Gasteiger partial charge in [0.25, 0.3) is 0 Å². The highest BCUT2D eigenvalue weighted by atomic mass is 14.9. The van der Waals surface area contributed by atoms with E-state index in [2.05, 4.69) is 43.6 Å². The molecule has 70 valence electrons. The summed E-state index contributed by atoms with van der Waals surface area (Å²) in [6.45, 7) is 8.84. The predicted octanol–water partition coefficient (Wildman–Crippen LogP) is 1.94. The third-order valence-electron chi connectivity index (χ3n) is 2.10. The van der Waals surface area contributed by atoms with Crippen LogP contribution in [0.3, 0.4) is 0 Å². The Bertz CT molecular complexity index is 316. The van der Waals surface area contributed by atoms with Gasteiger partial charge in [0, 0.05) is 23.9 Å². The van der Waals surface area contributed by atoms with Crippen molar-refractivity contribution < 1.29 is 5.73 Å². The summed E-state index contributed by atoms with van der Waals surface area (Å²) in [5.41, 5.74) is 8.50. The summed E-state index contributed by atoms with van der Waals surface area (Å²) in [7, 11) is 0. The predicted molar refractivity (Wildman–Crippen MR) is 58.0 cm³/mol. The van der Waals surface area contributed by atoms with Gasteiger partial charge in [0.1, 0.15) is 5.69 Å². The van der Waals surface area contributed by atoms with E-state index < -0.39 is 0 Å². The van der Waals surface area contributed by atoms with Crippen LogP contribution in [0, 0.1) is 6.92 Å². The van der Waals surface area contributed by atoms with Crippen LogP contribution in [0.1, 0.15) is 18.1 Å². The zero-order valence-corrected chi connectivity index (χ0v) is 8.35. The number of hydrogen-bond acceptors (Lipinski definition) is 1. The van der Waals surface area contributed by atoms with Crippen molar-refractivity contribution >= 4 is 17.5 Å². The van der Waals surface area contributed by atoms with Crippen LogP contribution in [-0.2, 0) is 0 Å². The van der Waals surface area contributed by atoms with E-state index in [4.69, 9.17) is 0 Å². The van der Waals surface area contributed by atoms with Crippen LogP contribution in [-0.4, -0.2) is 6.54 Å². The lowest BCUT2D eigenvalue weighted by Crippen LogP contribution is -2.41. The molecule has 0 aliphatic heterocycles. The van der Waals surface area contributed by atoms with E-state index in [1.807, 2.05) is 6.08 Å². The van der Waals surface area contributed by atoms with E-state index in [1.54, 1.807) is 0 Å². The van der Waals surface area contributed by atoms with Gasteiger partial charge in [0.15, 0.2) is 0 Å². The third kappa shape index (κ3) is 2.10. The number of hydrogen-bond donors (Lipinski definition) is 2. The highest BCUT2D eigenvalue weighted by Gasteiger charge is 2.03. The molecule has 0 fully saturated rings. The number of aryl methyl sites for hydroxylation is 1. The fraction of sp³-hybridized carbons (Fsp3) is 0.273. The Kier molecular flexibility index (Phi) is 3.09. The lowest BCUT2D eigenvalue weighted by Gasteiger charge is -2.08. The Hall–Kier alpha value is -1.28. The maximum Gasteiger partial charge on any atom is 0.132 e. The molecule has 0 saturated heterocycles. The lowest BCUT2D eigenvalue weighted by molar-refractivity contribution is -0.255. The highest BCUT2D eigenvalue weighted by molar-refractivity contribution is 5.70. The van der Waals surface area contributed by atoms with Crippen molar-refractivity contribution in [2.24, 2.45) is 0 Å². The Labute approximate surface area is 79.5 Å². The molecule has 0 heterocycles. The molecule has 2 heteroatoms. The molecule has 0 aliphatic rings. The number of nitrogens with one attached hydrogen (secondary N) is 1. The van der Waals surface area contributed by atoms with Crippen LogP contribution in [0.2, 0.25) is 0 Å². The summed E-state index contributed by atoms with van der Waals surface area (Å²) in [4.78, 5) is 0. The average molecular weight is 177 g/mol. The Morgan fingerprint density at radius 2 is 2.23 bits per heavy atom. The fourth-order valence-corrected chi connectivity index (χ4v) is 1.29. The number of benzene rings is 1. The van der Waals surface area contributed by atoms with Gasteiger partial charge < -0.3 is 11.1 Å². The van der Waals surface area contributed by atoms with E-state index in [9.17, 15) is 0 Å². The van der Waals surface area contributed by atoms with E-state index in [-0.39, 0.29) is 0 Å². The smallest absolute Gasteiger partial charge is 0.132 e. The van der Waals surface area contributed by atoms with Crippen molar-refractivity contribution in [2.75, 3.05) is 11.9 Å². The quantitative estimate of drug-likeness (QED) is 0.727. The molecular weight excluding hydrogens is 160 g/mol. The van der Waals surface area contributed by atoms with Gasteiger partial charge in [-0.05, 0) is 25.5 Å². The van der Waals surface area contributed by atoms with Gasteiger partial charge in [-0.1, -0.05) is 12.7 Å². The van der Waals surface area contributed by atoms with Crippen molar-refractivity contribution in [1.29, 1.82) is 0 Å². The van der Waals surface area contributed by atoms with Crippen molar-refractivity contribution in [2.45, 2.75) is 13.8 Å². The largest absolute Gasteiger partial charge is 0.385 e. The van der Waals surface area contributed by atoms with Gasteiger partial charge in [-0.15, -0.1) is 0 Å². The van der Waals surface area contributed by atoms with Crippen LogP contribution >= 0.6 is 0 Å². The molecule has 0 atom stereocenters. The van der Waals surface area contributed by atoms with Crippen LogP contribution in [0.5, 0.6) is 0 Å². The molecule has 0 radical (unpaired) electrons. The first-order valence-electron chi connectivity index (χ1n) is 4.52. The molecule has 0 bridgehead atoms. The molecule has 0 spiro atoms. The van der Waals surface area contributed by atoms with Gasteiger partial charge in [-0.3, -0.25) is 0 Å². The Morgan fingerprint density at radius 1 is 1.54 bits per heavy atom.